The molecule has 1 aliphatic heterocycles. The number of ether oxygens (including phenoxy) is 1. The number of Topliss-reactive ketones (excluding diaryl/α,β-unsaturated/α-hetero) is 1. The summed E-state index contributed by atoms with van der Waals surface area (Å²) in [6.07, 6.45) is 0.963. The van der Waals surface area contributed by atoms with Crippen LogP contribution in [0.2, 0.25) is 0 Å². The summed E-state index contributed by atoms with van der Waals surface area (Å²) in [7, 11) is 1.40. The molecule has 1 aliphatic rings. The van der Waals surface area contributed by atoms with E-state index in [1.807, 2.05) is 0 Å². The Hall–Kier alpha value is -0.590. The van der Waals surface area contributed by atoms with Crippen molar-refractivity contribution in [3.63, 3.8) is 0 Å². The molecule has 0 unspecified atom stereocenters. The smallest absolute Gasteiger partial charge is 0.262 e. The third kappa shape index (κ3) is 2.64. The molecule has 1 aromatic carbocycles. The predicted octanol–water partition coefficient (Wildman–Crippen LogP) is 2.73. The van der Waals surface area contributed by atoms with Gasteiger partial charge < -0.3 is 4.74 Å². The summed E-state index contributed by atoms with van der Waals surface area (Å²) in [4.78, 5) is 11.6. The Bertz CT molecular complexity index is 582. The topological polar surface area (TPSA) is 60.4 Å². The van der Waals surface area contributed by atoms with Gasteiger partial charge in [-0.1, -0.05) is 0 Å². The fraction of sp³-hybridized carbons (Fsp3) is 0.300. The molecule has 0 amide bonds. The molecule has 4 nitrogen and oxygen atoms in total. The maximum Gasteiger partial charge on any atom is 0.262 e. The monoisotopic (exact) mass is 338 g/mol. The normalized spacial score (nSPS) is 16.0. The van der Waals surface area contributed by atoms with Gasteiger partial charge in [0.2, 0.25) is 0 Å². The van der Waals surface area contributed by atoms with Gasteiger partial charge in [-0.2, -0.15) is 0 Å². The lowest BCUT2D eigenvalue weighted by molar-refractivity contribution is 0.0983. The number of benzene rings is 1. The van der Waals surface area contributed by atoms with Crippen molar-refractivity contribution in [2.45, 2.75) is 17.7 Å². The van der Waals surface area contributed by atoms with E-state index in [0.29, 0.717) is 29.7 Å². The third-order valence-electron chi connectivity index (χ3n) is 2.40. The average molecular weight is 340 g/mol. The number of halogens is 2. The minimum atomic E-state index is -3.88. The predicted molar refractivity (Wildman–Crippen MR) is 66.2 cm³/mol. The second kappa shape index (κ2) is 4.59. The largest absolute Gasteiger partial charge is 0.493 e. The molecule has 0 aliphatic carbocycles. The molecule has 0 fully saturated rings. The molecule has 92 valence electrons. The number of rotatable bonds is 1. The number of fused-ring (bicyclic) bond motifs is 1. The summed E-state index contributed by atoms with van der Waals surface area (Å²) in [6.45, 7) is 0.443. The molecule has 0 radical (unpaired) electrons. The van der Waals surface area contributed by atoms with Gasteiger partial charge in [0.05, 0.1) is 17.1 Å². The van der Waals surface area contributed by atoms with Gasteiger partial charge in [0.25, 0.3) is 9.05 Å². The summed E-state index contributed by atoms with van der Waals surface area (Å²) >= 11 is 3.10. The summed E-state index contributed by atoms with van der Waals surface area (Å²) in [5.41, 5.74) is 0.268. The third-order valence-corrected chi connectivity index (χ3v) is 4.68. The van der Waals surface area contributed by atoms with Gasteiger partial charge in [-0.25, -0.2) is 8.42 Å². The van der Waals surface area contributed by atoms with E-state index in [0.717, 1.165) is 0 Å². The Morgan fingerprint density at radius 2 is 2.06 bits per heavy atom. The van der Waals surface area contributed by atoms with Gasteiger partial charge in [-0.3, -0.25) is 4.79 Å². The van der Waals surface area contributed by atoms with Crippen molar-refractivity contribution in [1.82, 2.24) is 0 Å². The number of hydrogen-bond donors (Lipinski definition) is 0. The molecular formula is C10H8BrClO4S. The van der Waals surface area contributed by atoms with E-state index in [1.165, 1.54) is 12.1 Å². The molecule has 0 aromatic heterocycles. The number of hydrogen-bond acceptors (Lipinski definition) is 4. The molecule has 7 heteroatoms. The fourth-order valence-corrected chi connectivity index (χ4v) is 3.78. The Kier molecular flexibility index (Phi) is 3.47. The van der Waals surface area contributed by atoms with Crippen LogP contribution in [0.3, 0.4) is 0 Å². The lowest BCUT2D eigenvalue weighted by atomic mass is 10.1. The van der Waals surface area contributed by atoms with Crippen LogP contribution in [0.15, 0.2) is 21.5 Å². The fourth-order valence-electron chi connectivity index (χ4n) is 1.61. The lowest BCUT2D eigenvalue weighted by Gasteiger charge is -2.09. The first-order chi connectivity index (χ1) is 7.89. The highest BCUT2D eigenvalue weighted by Crippen LogP contribution is 2.34. The molecule has 0 saturated carbocycles. The minimum absolute atomic E-state index is 0.114. The molecule has 0 N–H and O–H groups in total. The summed E-state index contributed by atoms with van der Waals surface area (Å²) in [5.74, 6) is 0.259. The van der Waals surface area contributed by atoms with Crippen LogP contribution in [0, 0.1) is 0 Å². The van der Waals surface area contributed by atoms with E-state index in [2.05, 4.69) is 15.9 Å². The first-order valence-corrected chi connectivity index (χ1v) is 7.94. The second-order valence-electron chi connectivity index (χ2n) is 3.59. The van der Waals surface area contributed by atoms with Gasteiger partial charge in [-0.15, -0.1) is 0 Å². The first-order valence-electron chi connectivity index (χ1n) is 4.84. The summed E-state index contributed by atoms with van der Waals surface area (Å²) in [6, 6.07) is 2.73. The van der Waals surface area contributed by atoms with Crippen molar-refractivity contribution in [2.75, 3.05) is 6.61 Å². The van der Waals surface area contributed by atoms with Crippen LogP contribution < -0.4 is 4.74 Å². The Morgan fingerprint density at radius 1 is 1.35 bits per heavy atom. The summed E-state index contributed by atoms with van der Waals surface area (Å²) < 4.78 is 28.3. The van der Waals surface area contributed by atoms with Crippen molar-refractivity contribution in [2.24, 2.45) is 0 Å². The van der Waals surface area contributed by atoms with E-state index in [1.54, 1.807) is 0 Å². The average Bonchev–Trinajstić information content (AvgIpc) is 2.38. The van der Waals surface area contributed by atoms with Crippen molar-refractivity contribution < 1.29 is 17.9 Å². The maximum atomic E-state index is 11.8. The second-order valence-corrected chi connectivity index (χ2v) is 6.98. The molecular weight excluding hydrogens is 332 g/mol. The van der Waals surface area contributed by atoms with Crippen molar-refractivity contribution in [1.29, 1.82) is 0 Å². The van der Waals surface area contributed by atoms with E-state index >= 15 is 0 Å². The van der Waals surface area contributed by atoms with E-state index in [-0.39, 0.29) is 16.2 Å². The van der Waals surface area contributed by atoms with Crippen LogP contribution in [0.4, 0.5) is 0 Å². The van der Waals surface area contributed by atoms with Crippen molar-refractivity contribution in [3.05, 3.63) is 22.2 Å². The standard InChI is InChI=1S/C10H8BrClO4S/c11-7-5-9-6(4-10(7)17(12,14)15)8(13)2-1-3-16-9/h4-5H,1-3H2. The SMILES string of the molecule is O=C1CCCOc2cc(Br)c(S(=O)(=O)Cl)cc21. The van der Waals surface area contributed by atoms with Crippen LogP contribution in [-0.2, 0) is 9.05 Å². The molecule has 0 atom stereocenters. The van der Waals surface area contributed by atoms with Crippen LogP contribution in [-0.4, -0.2) is 20.8 Å². The first kappa shape index (κ1) is 12.9. The maximum absolute atomic E-state index is 11.8. The van der Waals surface area contributed by atoms with Gasteiger partial charge in [0, 0.05) is 21.6 Å². The van der Waals surface area contributed by atoms with Crippen molar-refractivity contribution >= 4 is 41.4 Å². The van der Waals surface area contributed by atoms with Crippen LogP contribution in [0.1, 0.15) is 23.2 Å². The van der Waals surface area contributed by atoms with Crippen LogP contribution in [0.5, 0.6) is 5.75 Å². The number of carbonyl (C=O) groups excluding carboxylic acids is 1. The lowest BCUT2D eigenvalue weighted by Crippen LogP contribution is -2.01. The Labute approximate surface area is 111 Å². The molecule has 1 aromatic rings. The zero-order chi connectivity index (χ0) is 12.6. The van der Waals surface area contributed by atoms with Gasteiger partial charge in [0.1, 0.15) is 5.75 Å². The highest BCUT2D eigenvalue weighted by Gasteiger charge is 2.23. The Balaban J connectivity index is 2.66. The van der Waals surface area contributed by atoms with E-state index in [4.69, 9.17) is 15.4 Å². The van der Waals surface area contributed by atoms with Crippen LogP contribution >= 0.6 is 26.6 Å². The zero-order valence-corrected chi connectivity index (χ0v) is 11.7. The molecule has 0 saturated heterocycles. The summed E-state index contributed by atoms with van der Waals surface area (Å²) in [5, 5.41) is 0. The molecule has 1 heterocycles. The quantitative estimate of drug-likeness (QED) is 0.738. The molecule has 0 bridgehead atoms. The highest BCUT2D eigenvalue weighted by molar-refractivity contribution is 9.10. The van der Waals surface area contributed by atoms with Gasteiger partial charge in [0.15, 0.2) is 5.78 Å². The van der Waals surface area contributed by atoms with E-state index < -0.39 is 9.05 Å². The molecule has 17 heavy (non-hydrogen) atoms. The van der Waals surface area contributed by atoms with Crippen LogP contribution in [0.25, 0.3) is 0 Å². The van der Waals surface area contributed by atoms with Gasteiger partial charge in [-0.05, 0) is 34.5 Å². The molecule has 2 rings (SSSR count). The zero-order valence-electron chi connectivity index (χ0n) is 8.57. The minimum Gasteiger partial charge on any atom is -0.493 e. The van der Waals surface area contributed by atoms with Gasteiger partial charge >= 0.3 is 0 Å². The molecule has 0 spiro atoms. The number of carbonyl (C=O) groups is 1. The van der Waals surface area contributed by atoms with Crippen molar-refractivity contribution in [3.8, 4) is 5.75 Å². The highest BCUT2D eigenvalue weighted by atomic mass is 79.9. The van der Waals surface area contributed by atoms with E-state index in [9.17, 15) is 13.2 Å². The Morgan fingerprint density at radius 3 is 2.71 bits per heavy atom. The number of ketones is 1.